The van der Waals surface area contributed by atoms with Crippen LogP contribution < -0.4 is 10.3 Å². The summed E-state index contributed by atoms with van der Waals surface area (Å²) >= 11 is 6.10. The number of aromatic amines is 1. The molecular weight excluding hydrogens is 308 g/mol. The molecule has 0 aliphatic carbocycles. The third kappa shape index (κ3) is 2.34. The number of nitrogens with one attached hydrogen (secondary N) is 1. The topological polar surface area (TPSA) is 71.6 Å². The van der Waals surface area contributed by atoms with E-state index in [1.807, 2.05) is 0 Å². The molecule has 3 rings (SSSR count). The van der Waals surface area contributed by atoms with Crippen LogP contribution in [0, 0.1) is 0 Å². The zero-order valence-corrected chi connectivity index (χ0v) is 13.0. The van der Waals surface area contributed by atoms with Crippen molar-refractivity contribution in [3.8, 4) is 5.75 Å². The summed E-state index contributed by atoms with van der Waals surface area (Å²) in [6, 6.07) is 3.45. The average molecular weight is 323 g/mol. The van der Waals surface area contributed by atoms with E-state index in [0.717, 1.165) is 10.9 Å². The molecule has 2 heterocycles. The zero-order valence-electron chi connectivity index (χ0n) is 12.2. The summed E-state index contributed by atoms with van der Waals surface area (Å²) in [7, 11) is 3.00. The predicted octanol–water partition coefficient (Wildman–Crippen LogP) is 1.68. The van der Waals surface area contributed by atoms with Crippen molar-refractivity contribution in [3.63, 3.8) is 0 Å². The smallest absolute Gasteiger partial charge is 0.253 e. The van der Waals surface area contributed by atoms with Crippen LogP contribution in [-0.2, 0) is 22.6 Å². The standard InChI is InChI=1S/C15H15ClN2O4/c1-21-7-14(19)18-5-9-8-3-13(22-2)11(16)4-12(8)17-15(20)10(9)6-18/h3-4H,5-7H2,1-2H3,(H,17,20). The van der Waals surface area contributed by atoms with Crippen molar-refractivity contribution < 1.29 is 14.3 Å². The molecule has 22 heavy (non-hydrogen) atoms. The maximum Gasteiger partial charge on any atom is 0.253 e. The van der Waals surface area contributed by atoms with Gasteiger partial charge in [0.1, 0.15) is 12.4 Å². The van der Waals surface area contributed by atoms with E-state index in [1.165, 1.54) is 14.2 Å². The number of hydrogen-bond donors (Lipinski definition) is 1. The van der Waals surface area contributed by atoms with Gasteiger partial charge in [-0.25, -0.2) is 0 Å². The van der Waals surface area contributed by atoms with Gasteiger partial charge in [0, 0.05) is 24.6 Å². The Bertz CT molecular complexity index is 815. The van der Waals surface area contributed by atoms with Gasteiger partial charge in [0.15, 0.2) is 0 Å². The number of amides is 1. The maximum atomic E-state index is 12.2. The Hall–Kier alpha value is -2.05. The van der Waals surface area contributed by atoms with E-state index in [1.54, 1.807) is 17.0 Å². The van der Waals surface area contributed by atoms with E-state index in [9.17, 15) is 9.59 Å². The largest absolute Gasteiger partial charge is 0.495 e. The molecule has 1 aromatic heterocycles. The Kier molecular flexibility index (Phi) is 3.80. The van der Waals surface area contributed by atoms with Crippen molar-refractivity contribution in [3.05, 3.63) is 38.6 Å². The van der Waals surface area contributed by atoms with Crippen LogP contribution in [0.5, 0.6) is 5.75 Å². The number of ether oxygens (including phenoxy) is 2. The van der Waals surface area contributed by atoms with Gasteiger partial charge in [-0.3, -0.25) is 9.59 Å². The second-order valence-electron chi connectivity index (χ2n) is 5.13. The molecular formula is C15H15ClN2O4. The number of rotatable bonds is 3. The first-order valence-corrected chi connectivity index (χ1v) is 7.11. The molecule has 1 aliphatic rings. The van der Waals surface area contributed by atoms with Crippen molar-refractivity contribution in [1.82, 2.24) is 9.88 Å². The Balaban J connectivity index is 2.13. The molecule has 1 aromatic carbocycles. The highest BCUT2D eigenvalue weighted by molar-refractivity contribution is 6.32. The highest BCUT2D eigenvalue weighted by atomic mass is 35.5. The zero-order chi connectivity index (χ0) is 15.9. The van der Waals surface area contributed by atoms with Gasteiger partial charge in [0.25, 0.3) is 5.56 Å². The molecule has 6 nitrogen and oxygen atoms in total. The van der Waals surface area contributed by atoms with Crippen LogP contribution in [0.4, 0.5) is 0 Å². The van der Waals surface area contributed by atoms with Crippen LogP contribution in [-0.4, -0.2) is 36.6 Å². The lowest BCUT2D eigenvalue weighted by Crippen LogP contribution is -2.29. The normalized spacial score (nSPS) is 13.5. The highest BCUT2D eigenvalue weighted by Gasteiger charge is 2.27. The molecule has 2 aromatic rings. The van der Waals surface area contributed by atoms with Crippen molar-refractivity contribution in [2.45, 2.75) is 13.1 Å². The molecule has 0 atom stereocenters. The SMILES string of the molecule is COCC(=O)N1Cc2c(c3cc(OC)c(Cl)cc3[nH]c2=O)C1. The Morgan fingerprint density at radius 1 is 1.32 bits per heavy atom. The second-order valence-corrected chi connectivity index (χ2v) is 5.53. The lowest BCUT2D eigenvalue weighted by atomic mass is 10.1. The average Bonchev–Trinajstić information content (AvgIpc) is 2.93. The number of aromatic nitrogens is 1. The summed E-state index contributed by atoms with van der Waals surface area (Å²) in [4.78, 5) is 28.6. The fourth-order valence-corrected chi connectivity index (χ4v) is 2.98. The highest BCUT2D eigenvalue weighted by Crippen LogP contribution is 2.33. The number of nitrogens with zero attached hydrogens (tertiary/aromatic N) is 1. The van der Waals surface area contributed by atoms with E-state index in [0.29, 0.717) is 28.4 Å². The molecule has 0 saturated heterocycles. The quantitative estimate of drug-likeness (QED) is 0.933. The molecule has 1 amide bonds. The van der Waals surface area contributed by atoms with Gasteiger partial charge >= 0.3 is 0 Å². The summed E-state index contributed by atoms with van der Waals surface area (Å²) in [6.07, 6.45) is 0. The van der Waals surface area contributed by atoms with E-state index >= 15 is 0 Å². The van der Waals surface area contributed by atoms with Gasteiger partial charge in [-0.05, 0) is 17.7 Å². The number of carbonyl (C=O) groups excluding carboxylic acids is 1. The summed E-state index contributed by atoms with van der Waals surface area (Å²) in [5, 5.41) is 1.26. The fraction of sp³-hybridized carbons (Fsp3) is 0.333. The molecule has 0 bridgehead atoms. The number of benzene rings is 1. The lowest BCUT2D eigenvalue weighted by Gasteiger charge is -2.14. The van der Waals surface area contributed by atoms with Crippen molar-refractivity contribution in [1.29, 1.82) is 0 Å². The monoisotopic (exact) mass is 322 g/mol. The van der Waals surface area contributed by atoms with Crippen LogP contribution in [0.15, 0.2) is 16.9 Å². The first-order valence-electron chi connectivity index (χ1n) is 6.73. The van der Waals surface area contributed by atoms with Gasteiger partial charge in [-0.2, -0.15) is 0 Å². The fourth-order valence-electron chi connectivity index (χ4n) is 2.74. The number of carbonyl (C=O) groups is 1. The number of methoxy groups -OCH3 is 2. The molecule has 0 unspecified atom stereocenters. The van der Waals surface area contributed by atoms with E-state index in [-0.39, 0.29) is 24.6 Å². The summed E-state index contributed by atoms with van der Waals surface area (Å²) in [5.41, 5.74) is 1.87. The van der Waals surface area contributed by atoms with Crippen LogP contribution in [0.2, 0.25) is 5.02 Å². The molecule has 0 saturated carbocycles. The number of pyridine rings is 1. The van der Waals surface area contributed by atoms with Crippen LogP contribution >= 0.6 is 11.6 Å². The molecule has 0 spiro atoms. The summed E-state index contributed by atoms with van der Waals surface area (Å²) in [6.45, 7) is 0.662. The predicted molar refractivity (Wildman–Crippen MR) is 82.3 cm³/mol. The minimum Gasteiger partial charge on any atom is -0.495 e. The maximum absolute atomic E-state index is 12.2. The van der Waals surface area contributed by atoms with Gasteiger partial charge in [-0.15, -0.1) is 0 Å². The summed E-state index contributed by atoms with van der Waals surface area (Å²) in [5.74, 6) is 0.386. The third-order valence-electron chi connectivity index (χ3n) is 3.82. The second kappa shape index (κ2) is 5.62. The number of H-pyrrole nitrogens is 1. The first-order chi connectivity index (χ1) is 10.5. The van der Waals surface area contributed by atoms with Gasteiger partial charge in [0.2, 0.25) is 5.91 Å². The minimum atomic E-state index is -0.198. The van der Waals surface area contributed by atoms with Crippen molar-refractivity contribution >= 4 is 28.4 Å². The van der Waals surface area contributed by atoms with E-state index < -0.39 is 0 Å². The molecule has 1 N–H and O–H groups in total. The third-order valence-corrected chi connectivity index (χ3v) is 4.12. The number of hydrogen-bond acceptors (Lipinski definition) is 4. The van der Waals surface area contributed by atoms with Crippen LogP contribution in [0.1, 0.15) is 11.1 Å². The lowest BCUT2D eigenvalue weighted by molar-refractivity contribution is -0.135. The summed E-state index contributed by atoms with van der Waals surface area (Å²) < 4.78 is 10.1. The van der Waals surface area contributed by atoms with Crippen molar-refractivity contribution in [2.75, 3.05) is 20.8 Å². The van der Waals surface area contributed by atoms with Gasteiger partial charge < -0.3 is 19.4 Å². The van der Waals surface area contributed by atoms with E-state index in [2.05, 4.69) is 4.98 Å². The van der Waals surface area contributed by atoms with Gasteiger partial charge in [0.05, 0.1) is 24.2 Å². The van der Waals surface area contributed by atoms with Crippen molar-refractivity contribution in [2.24, 2.45) is 0 Å². The Labute approximate surface area is 131 Å². The van der Waals surface area contributed by atoms with E-state index in [4.69, 9.17) is 21.1 Å². The Morgan fingerprint density at radius 2 is 2.05 bits per heavy atom. The molecule has 7 heteroatoms. The number of fused-ring (bicyclic) bond motifs is 3. The van der Waals surface area contributed by atoms with Gasteiger partial charge in [-0.1, -0.05) is 11.6 Å². The minimum absolute atomic E-state index is 0.00102. The molecule has 116 valence electrons. The molecule has 0 fully saturated rings. The van der Waals surface area contributed by atoms with Crippen LogP contribution in [0.3, 0.4) is 0 Å². The number of halogens is 1. The van der Waals surface area contributed by atoms with Crippen LogP contribution in [0.25, 0.3) is 10.9 Å². The Morgan fingerprint density at radius 3 is 2.73 bits per heavy atom. The molecule has 0 radical (unpaired) electrons. The first kappa shape index (κ1) is 14.9. The molecule has 1 aliphatic heterocycles.